The van der Waals surface area contributed by atoms with Crippen molar-refractivity contribution in [3.8, 4) is 0 Å². The molecule has 0 amide bonds. The van der Waals surface area contributed by atoms with Crippen molar-refractivity contribution in [2.75, 3.05) is 6.26 Å². The summed E-state index contributed by atoms with van der Waals surface area (Å²) in [6, 6.07) is 0. The zero-order chi connectivity index (χ0) is 8.85. The fourth-order valence-corrected chi connectivity index (χ4v) is 1.05. The second-order valence-electron chi connectivity index (χ2n) is 1.83. The third kappa shape index (κ3) is 3.32. The molecule has 0 bridgehead atoms. The summed E-state index contributed by atoms with van der Waals surface area (Å²) in [7, 11) is 0.910. The van der Waals surface area contributed by atoms with Crippen LogP contribution in [-0.4, -0.2) is 20.0 Å². The maximum absolute atomic E-state index is 10.7. The van der Waals surface area contributed by atoms with Crippen molar-refractivity contribution < 1.29 is 4.21 Å². The van der Waals surface area contributed by atoms with Gasteiger partial charge in [0.2, 0.25) is 0 Å². The van der Waals surface area contributed by atoms with Crippen molar-refractivity contribution in [1.82, 2.24) is 9.55 Å². The summed E-state index contributed by atoms with van der Waals surface area (Å²) in [6.45, 7) is 4.00. The van der Waals surface area contributed by atoms with Crippen molar-refractivity contribution in [2.24, 2.45) is 7.05 Å². The molecule has 0 fully saturated rings. The van der Waals surface area contributed by atoms with Gasteiger partial charge in [-0.25, -0.2) is 4.98 Å². The van der Waals surface area contributed by atoms with Crippen LogP contribution >= 0.6 is 0 Å². The van der Waals surface area contributed by atoms with Crippen molar-refractivity contribution in [1.29, 1.82) is 0 Å². The molecule has 0 spiro atoms. The van der Waals surface area contributed by atoms with Crippen LogP contribution in [0.3, 0.4) is 0 Å². The van der Waals surface area contributed by atoms with Crippen molar-refractivity contribution in [3.63, 3.8) is 0 Å². The fourth-order valence-electron chi connectivity index (χ4n) is 0.537. The Morgan fingerprint density at radius 3 is 2.27 bits per heavy atom. The van der Waals surface area contributed by atoms with E-state index in [0.717, 1.165) is 0 Å². The molecule has 0 radical (unpaired) electrons. The summed E-state index contributed by atoms with van der Waals surface area (Å²) in [5.74, 6) is 0. The van der Waals surface area contributed by atoms with E-state index in [-0.39, 0.29) is 0 Å². The van der Waals surface area contributed by atoms with E-state index in [1.807, 2.05) is 20.9 Å². The lowest BCUT2D eigenvalue weighted by Crippen LogP contribution is -1.85. The van der Waals surface area contributed by atoms with Gasteiger partial charge in [-0.1, -0.05) is 13.8 Å². The van der Waals surface area contributed by atoms with Gasteiger partial charge in [-0.05, 0) is 0 Å². The number of rotatable bonds is 1. The normalized spacial score (nSPS) is 11.6. The summed E-state index contributed by atoms with van der Waals surface area (Å²) in [5.41, 5.74) is 0. The average Bonchev–Trinajstić information content (AvgIpc) is 2.40. The first-order valence-electron chi connectivity index (χ1n) is 3.51. The van der Waals surface area contributed by atoms with Crippen molar-refractivity contribution in [2.45, 2.75) is 18.9 Å². The third-order valence-electron chi connectivity index (χ3n) is 0.976. The fraction of sp³-hybridized carbons (Fsp3) is 0.571. The Balaban J connectivity index is 0.000000461. The van der Waals surface area contributed by atoms with Gasteiger partial charge < -0.3 is 4.57 Å². The maximum Gasteiger partial charge on any atom is 0.144 e. The molecular weight excluding hydrogens is 160 g/mol. The van der Waals surface area contributed by atoms with Gasteiger partial charge in [0.05, 0.1) is 17.1 Å². The molecule has 4 heteroatoms. The van der Waals surface area contributed by atoms with Crippen LogP contribution in [-0.2, 0) is 17.8 Å². The van der Waals surface area contributed by atoms with Crippen LogP contribution in [0.5, 0.6) is 0 Å². The Hall–Kier alpha value is -0.640. The third-order valence-corrected chi connectivity index (χ3v) is 1.78. The van der Waals surface area contributed by atoms with Gasteiger partial charge in [-0.2, -0.15) is 0 Å². The summed E-state index contributed by atoms with van der Waals surface area (Å²) >= 11 is 0. The molecule has 1 rings (SSSR count). The topological polar surface area (TPSA) is 34.9 Å². The number of imidazole rings is 1. The summed E-state index contributed by atoms with van der Waals surface area (Å²) < 4.78 is 12.5. The molecule has 1 unspecified atom stereocenters. The maximum atomic E-state index is 10.7. The number of aryl methyl sites for hydroxylation is 1. The van der Waals surface area contributed by atoms with E-state index in [0.29, 0.717) is 5.03 Å². The van der Waals surface area contributed by atoms with E-state index in [2.05, 4.69) is 4.98 Å². The van der Waals surface area contributed by atoms with Gasteiger partial charge in [0.1, 0.15) is 5.03 Å². The molecule has 11 heavy (non-hydrogen) atoms. The average molecular weight is 174 g/mol. The first-order valence-corrected chi connectivity index (χ1v) is 5.07. The predicted molar refractivity (Wildman–Crippen MR) is 46.9 cm³/mol. The number of hydrogen-bond acceptors (Lipinski definition) is 2. The quantitative estimate of drug-likeness (QED) is 0.641. The van der Waals surface area contributed by atoms with Gasteiger partial charge >= 0.3 is 0 Å². The largest absolute Gasteiger partial charge is 0.339 e. The minimum Gasteiger partial charge on any atom is -0.339 e. The highest BCUT2D eigenvalue weighted by Crippen LogP contribution is 1.97. The Labute approximate surface area is 69.9 Å². The molecule has 0 aliphatic heterocycles. The van der Waals surface area contributed by atoms with Gasteiger partial charge in [0.25, 0.3) is 0 Å². The summed E-state index contributed by atoms with van der Waals surface area (Å²) in [5, 5.41) is 0.637. The Morgan fingerprint density at radius 1 is 1.55 bits per heavy atom. The van der Waals surface area contributed by atoms with Gasteiger partial charge in [-0.15, -0.1) is 0 Å². The predicted octanol–water partition coefficient (Wildman–Crippen LogP) is 1.18. The van der Waals surface area contributed by atoms with E-state index in [9.17, 15) is 4.21 Å². The minimum absolute atomic E-state index is 0.637. The van der Waals surface area contributed by atoms with Gasteiger partial charge in [0, 0.05) is 19.5 Å². The number of aromatic nitrogens is 2. The molecule has 0 aliphatic carbocycles. The van der Waals surface area contributed by atoms with Crippen LogP contribution in [0.1, 0.15) is 13.8 Å². The molecule has 1 heterocycles. The van der Waals surface area contributed by atoms with E-state index in [4.69, 9.17) is 0 Å². The molecule has 0 saturated carbocycles. The summed E-state index contributed by atoms with van der Waals surface area (Å²) in [6.07, 6.45) is 5.00. The standard InChI is InChI=1S/C5H8N2OS.C2H6/c1-7-3-5(6-4-7)9(2)8;1-2/h3-4H,1-2H3;1-2H3. The van der Waals surface area contributed by atoms with E-state index < -0.39 is 10.8 Å². The molecule has 1 atom stereocenters. The van der Waals surface area contributed by atoms with Crippen LogP contribution in [0.4, 0.5) is 0 Å². The first kappa shape index (κ1) is 10.4. The summed E-state index contributed by atoms with van der Waals surface area (Å²) in [4.78, 5) is 3.88. The van der Waals surface area contributed by atoms with Crippen LogP contribution < -0.4 is 0 Å². The molecule has 0 N–H and O–H groups in total. The van der Waals surface area contributed by atoms with Crippen molar-refractivity contribution in [3.05, 3.63) is 12.5 Å². The van der Waals surface area contributed by atoms with Gasteiger partial charge in [0.15, 0.2) is 0 Å². The zero-order valence-electron chi connectivity index (χ0n) is 7.37. The Kier molecular flexibility index (Phi) is 4.77. The lowest BCUT2D eigenvalue weighted by Gasteiger charge is -1.83. The highest BCUT2D eigenvalue weighted by Gasteiger charge is 1.97. The lowest BCUT2D eigenvalue weighted by atomic mass is 10.9. The molecule has 0 aliphatic rings. The molecular formula is C7H14N2OS. The second-order valence-corrected chi connectivity index (χ2v) is 3.16. The van der Waals surface area contributed by atoms with E-state index >= 15 is 0 Å². The van der Waals surface area contributed by atoms with E-state index in [1.165, 1.54) is 0 Å². The second kappa shape index (κ2) is 5.07. The van der Waals surface area contributed by atoms with Crippen molar-refractivity contribution >= 4 is 10.8 Å². The monoisotopic (exact) mass is 174 g/mol. The highest BCUT2D eigenvalue weighted by atomic mass is 32.2. The first-order chi connectivity index (χ1) is 5.20. The lowest BCUT2D eigenvalue weighted by molar-refractivity contribution is 0.684. The molecule has 1 aromatic heterocycles. The molecule has 1 aromatic rings. The highest BCUT2D eigenvalue weighted by molar-refractivity contribution is 7.84. The molecule has 0 aromatic carbocycles. The minimum atomic E-state index is -0.940. The smallest absolute Gasteiger partial charge is 0.144 e. The number of nitrogens with zero attached hydrogens (tertiary/aromatic N) is 2. The van der Waals surface area contributed by atoms with E-state index in [1.54, 1.807) is 23.3 Å². The Morgan fingerprint density at radius 2 is 2.09 bits per heavy atom. The van der Waals surface area contributed by atoms with Crippen LogP contribution in [0.15, 0.2) is 17.6 Å². The van der Waals surface area contributed by atoms with Crippen LogP contribution in [0.2, 0.25) is 0 Å². The van der Waals surface area contributed by atoms with Crippen LogP contribution in [0, 0.1) is 0 Å². The SMILES string of the molecule is CC.Cn1cnc(S(C)=O)c1. The Bertz CT molecular complexity index is 232. The molecule has 64 valence electrons. The van der Waals surface area contributed by atoms with Crippen LogP contribution in [0.25, 0.3) is 0 Å². The van der Waals surface area contributed by atoms with Gasteiger partial charge in [-0.3, -0.25) is 4.21 Å². The molecule has 3 nitrogen and oxygen atoms in total. The molecule has 0 saturated heterocycles. The zero-order valence-corrected chi connectivity index (χ0v) is 8.18. The number of hydrogen-bond donors (Lipinski definition) is 0.